The number of benzene rings is 1. The number of ketones is 1. The molecule has 0 aliphatic carbocycles. The molecule has 0 fully saturated rings. The van der Waals surface area contributed by atoms with Gasteiger partial charge < -0.3 is 5.32 Å². The molecular formula is C15H19NO2. The second kappa shape index (κ2) is 6.74. The molecule has 1 N–H and O–H groups in total. The fraction of sp³-hybridized carbons (Fsp3) is 0.333. The molecule has 3 heteroatoms. The summed E-state index contributed by atoms with van der Waals surface area (Å²) < 4.78 is 0. The van der Waals surface area contributed by atoms with Gasteiger partial charge in [-0.1, -0.05) is 18.2 Å². The highest BCUT2D eigenvalue weighted by atomic mass is 16.2. The summed E-state index contributed by atoms with van der Waals surface area (Å²) in [5, 5.41) is 2.65. The normalized spacial score (nSPS) is 9.89. The lowest BCUT2D eigenvalue weighted by Crippen LogP contribution is -2.23. The molecule has 96 valence electrons. The van der Waals surface area contributed by atoms with E-state index >= 15 is 0 Å². The molecule has 1 aromatic rings. The maximum absolute atomic E-state index is 11.9. The molecule has 0 aliphatic rings. The van der Waals surface area contributed by atoms with Crippen LogP contribution in [0.25, 0.3) is 0 Å². The van der Waals surface area contributed by atoms with Crippen LogP contribution in [0.5, 0.6) is 0 Å². The zero-order valence-electron chi connectivity index (χ0n) is 11.0. The van der Waals surface area contributed by atoms with E-state index in [0.29, 0.717) is 12.1 Å². The van der Waals surface area contributed by atoms with Crippen molar-refractivity contribution >= 4 is 11.7 Å². The minimum atomic E-state index is -0.118. The number of hydrogen-bond acceptors (Lipinski definition) is 2. The Morgan fingerprint density at radius 1 is 1.22 bits per heavy atom. The van der Waals surface area contributed by atoms with E-state index in [1.165, 1.54) is 0 Å². The molecular weight excluding hydrogens is 226 g/mol. The Morgan fingerprint density at radius 2 is 1.94 bits per heavy atom. The number of aryl methyl sites for hydroxylation is 2. The number of hydrogen-bond donors (Lipinski definition) is 1. The Kier molecular flexibility index (Phi) is 5.31. The van der Waals surface area contributed by atoms with Gasteiger partial charge in [-0.15, -0.1) is 6.58 Å². The van der Waals surface area contributed by atoms with Crippen LogP contribution in [0, 0.1) is 13.8 Å². The summed E-state index contributed by atoms with van der Waals surface area (Å²) in [5.41, 5.74) is 2.93. The molecule has 18 heavy (non-hydrogen) atoms. The largest absolute Gasteiger partial charge is 0.353 e. The molecule has 0 heterocycles. The van der Waals surface area contributed by atoms with E-state index in [1.807, 2.05) is 32.0 Å². The van der Waals surface area contributed by atoms with Gasteiger partial charge in [-0.05, 0) is 31.0 Å². The van der Waals surface area contributed by atoms with E-state index in [1.54, 1.807) is 6.08 Å². The minimum Gasteiger partial charge on any atom is -0.353 e. The van der Waals surface area contributed by atoms with Gasteiger partial charge in [0.2, 0.25) is 5.91 Å². The summed E-state index contributed by atoms with van der Waals surface area (Å²) in [6.07, 6.45) is 2.08. The van der Waals surface area contributed by atoms with Crippen LogP contribution in [0.2, 0.25) is 0 Å². The molecule has 0 saturated carbocycles. The third-order valence-corrected chi connectivity index (χ3v) is 2.85. The van der Waals surface area contributed by atoms with Gasteiger partial charge in [-0.2, -0.15) is 0 Å². The van der Waals surface area contributed by atoms with Crippen LogP contribution in [-0.4, -0.2) is 18.2 Å². The highest BCUT2D eigenvalue weighted by Gasteiger charge is 2.09. The first-order chi connectivity index (χ1) is 8.54. The second-order valence-corrected chi connectivity index (χ2v) is 4.31. The van der Waals surface area contributed by atoms with Crippen LogP contribution in [0.3, 0.4) is 0 Å². The predicted octanol–water partition coefficient (Wildman–Crippen LogP) is 2.57. The third kappa shape index (κ3) is 4.17. The maximum atomic E-state index is 11.9. The van der Waals surface area contributed by atoms with Crippen LogP contribution < -0.4 is 5.32 Å². The number of nitrogens with one attached hydrogen (secondary N) is 1. The Balaban J connectivity index is 2.52. The van der Waals surface area contributed by atoms with Crippen LogP contribution in [0.1, 0.15) is 34.3 Å². The molecule has 0 atom stereocenters. The third-order valence-electron chi connectivity index (χ3n) is 2.85. The molecule has 0 aromatic heterocycles. The van der Waals surface area contributed by atoms with E-state index < -0.39 is 0 Å². The smallest absolute Gasteiger partial charge is 0.220 e. The summed E-state index contributed by atoms with van der Waals surface area (Å²) in [4.78, 5) is 23.2. The van der Waals surface area contributed by atoms with Crippen molar-refractivity contribution in [2.45, 2.75) is 26.7 Å². The van der Waals surface area contributed by atoms with Crippen molar-refractivity contribution in [2.75, 3.05) is 6.54 Å². The first-order valence-corrected chi connectivity index (χ1v) is 6.02. The van der Waals surface area contributed by atoms with Crippen molar-refractivity contribution in [2.24, 2.45) is 0 Å². The molecule has 1 aromatic carbocycles. The Labute approximate surface area is 108 Å². The zero-order chi connectivity index (χ0) is 13.5. The molecule has 0 aliphatic heterocycles. The Morgan fingerprint density at radius 3 is 2.56 bits per heavy atom. The lowest BCUT2D eigenvalue weighted by Gasteiger charge is -2.05. The van der Waals surface area contributed by atoms with Crippen LogP contribution >= 0.6 is 0 Å². The van der Waals surface area contributed by atoms with Gasteiger partial charge in [0, 0.05) is 24.9 Å². The lowest BCUT2D eigenvalue weighted by atomic mass is 10.0. The van der Waals surface area contributed by atoms with Crippen LogP contribution in [-0.2, 0) is 4.79 Å². The number of carbonyl (C=O) groups excluding carboxylic acids is 2. The van der Waals surface area contributed by atoms with Crippen molar-refractivity contribution in [1.29, 1.82) is 0 Å². The van der Waals surface area contributed by atoms with Crippen molar-refractivity contribution in [1.82, 2.24) is 5.32 Å². The predicted molar refractivity (Wildman–Crippen MR) is 72.7 cm³/mol. The molecule has 1 amide bonds. The quantitative estimate of drug-likeness (QED) is 0.618. The van der Waals surface area contributed by atoms with E-state index in [9.17, 15) is 9.59 Å². The molecule has 1 rings (SSSR count). The Bertz CT molecular complexity index is 464. The van der Waals surface area contributed by atoms with Crippen LogP contribution in [0.4, 0.5) is 0 Å². The molecule has 0 radical (unpaired) electrons. The Hall–Kier alpha value is -1.90. The topological polar surface area (TPSA) is 46.2 Å². The first-order valence-electron chi connectivity index (χ1n) is 6.02. The minimum absolute atomic E-state index is 0.00635. The maximum Gasteiger partial charge on any atom is 0.220 e. The van der Waals surface area contributed by atoms with Gasteiger partial charge in [0.1, 0.15) is 0 Å². The van der Waals surface area contributed by atoms with E-state index in [0.717, 1.165) is 11.1 Å². The van der Waals surface area contributed by atoms with Crippen molar-refractivity contribution in [3.63, 3.8) is 0 Å². The first kappa shape index (κ1) is 14.2. The summed E-state index contributed by atoms with van der Waals surface area (Å²) in [6.45, 7) is 7.93. The SMILES string of the molecule is C=CCNC(=O)CCC(=O)c1ccc(C)c(C)c1. The van der Waals surface area contributed by atoms with Crippen molar-refractivity contribution < 1.29 is 9.59 Å². The van der Waals surface area contributed by atoms with Gasteiger partial charge in [0.05, 0.1) is 0 Å². The van der Waals surface area contributed by atoms with E-state index in [-0.39, 0.29) is 24.5 Å². The fourth-order valence-electron chi connectivity index (χ4n) is 1.56. The molecule has 0 bridgehead atoms. The molecule has 0 unspecified atom stereocenters. The van der Waals surface area contributed by atoms with Crippen molar-refractivity contribution in [3.05, 3.63) is 47.5 Å². The van der Waals surface area contributed by atoms with Gasteiger partial charge in [0.25, 0.3) is 0 Å². The highest BCUT2D eigenvalue weighted by molar-refractivity contribution is 5.98. The lowest BCUT2D eigenvalue weighted by molar-refractivity contribution is -0.120. The van der Waals surface area contributed by atoms with E-state index in [2.05, 4.69) is 11.9 Å². The summed E-state index contributed by atoms with van der Waals surface area (Å²) in [7, 11) is 0. The average molecular weight is 245 g/mol. The number of rotatable bonds is 6. The summed E-state index contributed by atoms with van der Waals surface area (Å²) >= 11 is 0. The van der Waals surface area contributed by atoms with Gasteiger partial charge >= 0.3 is 0 Å². The second-order valence-electron chi connectivity index (χ2n) is 4.31. The monoisotopic (exact) mass is 245 g/mol. The number of carbonyl (C=O) groups is 2. The number of amides is 1. The zero-order valence-corrected chi connectivity index (χ0v) is 11.0. The van der Waals surface area contributed by atoms with E-state index in [4.69, 9.17) is 0 Å². The molecule has 0 saturated heterocycles. The standard InChI is InChI=1S/C15H19NO2/c1-4-9-16-15(18)8-7-14(17)13-6-5-11(2)12(3)10-13/h4-6,10H,1,7-9H2,2-3H3,(H,16,18). The number of Topliss-reactive ketones (excluding diaryl/α,β-unsaturated/α-hetero) is 1. The van der Waals surface area contributed by atoms with Gasteiger partial charge in [-0.3, -0.25) is 9.59 Å². The van der Waals surface area contributed by atoms with Gasteiger partial charge in [0.15, 0.2) is 5.78 Å². The fourth-order valence-corrected chi connectivity index (χ4v) is 1.56. The molecule has 0 spiro atoms. The summed E-state index contributed by atoms with van der Waals surface area (Å²) in [6, 6.07) is 5.62. The van der Waals surface area contributed by atoms with Crippen molar-refractivity contribution in [3.8, 4) is 0 Å². The average Bonchev–Trinajstić information content (AvgIpc) is 2.36. The summed E-state index contributed by atoms with van der Waals surface area (Å²) in [5.74, 6) is -0.112. The molecule has 3 nitrogen and oxygen atoms in total. The van der Waals surface area contributed by atoms with Gasteiger partial charge in [-0.25, -0.2) is 0 Å². The highest BCUT2D eigenvalue weighted by Crippen LogP contribution is 2.12. The van der Waals surface area contributed by atoms with Crippen LogP contribution in [0.15, 0.2) is 30.9 Å².